The summed E-state index contributed by atoms with van der Waals surface area (Å²) in [6.07, 6.45) is 8.22. The molecule has 2 aliphatic heterocycles. The van der Waals surface area contributed by atoms with Crippen molar-refractivity contribution in [1.82, 2.24) is 29.7 Å². The Morgan fingerprint density at radius 2 is 2.00 bits per heavy atom. The van der Waals surface area contributed by atoms with E-state index < -0.39 is 5.82 Å². The van der Waals surface area contributed by atoms with E-state index in [9.17, 15) is 14.0 Å². The first-order valence-corrected chi connectivity index (χ1v) is 13.3. The van der Waals surface area contributed by atoms with Gasteiger partial charge in [-0.3, -0.25) is 19.0 Å². The summed E-state index contributed by atoms with van der Waals surface area (Å²) >= 11 is 1.76. The van der Waals surface area contributed by atoms with E-state index in [1.54, 1.807) is 18.0 Å². The smallest absolute Gasteiger partial charge is 0.272 e. The fraction of sp³-hybridized carbons (Fsp3) is 0.583. The summed E-state index contributed by atoms with van der Waals surface area (Å²) in [5.41, 5.74) is 0.575. The Morgan fingerprint density at radius 1 is 1.23 bits per heavy atom. The molecule has 3 fully saturated rings. The fourth-order valence-corrected chi connectivity index (χ4v) is 5.87. The summed E-state index contributed by atoms with van der Waals surface area (Å²) in [6, 6.07) is 3.25. The third kappa shape index (κ3) is 4.88. The van der Waals surface area contributed by atoms with Crippen molar-refractivity contribution < 1.29 is 18.7 Å². The lowest BCUT2D eigenvalue weighted by atomic mass is 9.87. The molecule has 35 heavy (non-hydrogen) atoms. The van der Waals surface area contributed by atoms with E-state index in [-0.39, 0.29) is 40.8 Å². The molecular weight excluding hydrogens is 471 g/mol. The molecule has 188 valence electrons. The zero-order valence-electron chi connectivity index (χ0n) is 20.1. The average Bonchev–Trinajstić information content (AvgIpc) is 3.45. The molecule has 2 aromatic heterocycles. The maximum Gasteiger partial charge on any atom is 0.272 e. The van der Waals surface area contributed by atoms with Gasteiger partial charge in [0.25, 0.3) is 5.91 Å². The van der Waals surface area contributed by atoms with E-state index in [0.29, 0.717) is 30.8 Å². The number of hydrogen-bond donors (Lipinski definition) is 2. The summed E-state index contributed by atoms with van der Waals surface area (Å²) in [4.78, 5) is 32.1. The molecule has 1 aliphatic carbocycles. The first-order chi connectivity index (χ1) is 16.9. The van der Waals surface area contributed by atoms with Crippen molar-refractivity contribution in [3.8, 4) is 17.1 Å². The monoisotopic (exact) mass is 502 g/mol. The van der Waals surface area contributed by atoms with Gasteiger partial charge in [0.2, 0.25) is 11.8 Å². The maximum atomic E-state index is 14.3. The number of hydrogen-bond acceptors (Lipinski definition) is 7. The number of nitrogens with zero attached hydrogens (tertiary/aromatic N) is 4. The van der Waals surface area contributed by atoms with Crippen LogP contribution in [-0.4, -0.2) is 80.8 Å². The highest BCUT2D eigenvalue weighted by atomic mass is 32.2. The van der Waals surface area contributed by atoms with E-state index in [1.165, 1.54) is 13.2 Å². The Kier molecular flexibility index (Phi) is 6.71. The van der Waals surface area contributed by atoms with Crippen LogP contribution in [0.25, 0.3) is 11.3 Å². The van der Waals surface area contributed by atoms with Gasteiger partial charge in [-0.05, 0) is 50.8 Å². The number of H-pyrrole nitrogens is 1. The summed E-state index contributed by atoms with van der Waals surface area (Å²) in [7, 11) is 1.46. The van der Waals surface area contributed by atoms with Crippen molar-refractivity contribution in [1.29, 1.82) is 0 Å². The number of nitrogens with one attached hydrogen (secondary N) is 2. The minimum atomic E-state index is -0.541. The molecule has 0 aromatic carbocycles. The first kappa shape index (κ1) is 24.1. The molecule has 0 bridgehead atoms. The van der Waals surface area contributed by atoms with Crippen LogP contribution in [0.5, 0.6) is 5.88 Å². The second-order valence-corrected chi connectivity index (χ2v) is 10.5. The highest BCUT2D eigenvalue weighted by Gasteiger charge is 2.54. The number of amides is 2. The molecule has 1 unspecified atom stereocenters. The Hall–Kier alpha value is -2.66. The molecule has 2 N–H and O–H groups in total. The fourth-order valence-electron chi connectivity index (χ4n) is 5.30. The van der Waals surface area contributed by atoms with E-state index in [4.69, 9.17) is 4.74 Å². The number of carbonyl (C=O) groups is 2. The quantitative estimate of drug-likeness (QED) is 0.586. The van der Waals surface area contributed by atoms with E-state index >= 15 is 0 Å². The van der Waals surface area contributed by atoms with Gasteiger partial charge in [-0.2, -0.15) is 5.10 Å². The normalized spacial score (nSPS) is 22.3. The summed E-state index contributed by atoms with van der Waals surface area (Å²) < 4.78 is 21.7. The number of aromatic nitrogens is 3. The highest BCUT2D eigenvalue weighted by molar-refractivity contribution is 7.96. The molecule has 2 saturated heterocycles. The van der Waals surface area contributed by atoms with Crippen LogP contribution in [0.2, 0.25) is 0 Å². The molecule has 1 saturated carbocycles. The lowest BCUT2D eigenvalue weighted by Gasteiger charge is -2.40. The van der Waals surface area contributed by atoms with Gasteiger partial charge >= 0.3 is 0 Å². The van der Waals surface area contributed by atoms with Crippen molar-refractivity contribution in [3.63, 3.8) is 0 Å². The lowest BCUT2D eigenvalue weighted by Crippen LogP contribution is -2.52. The van der Waals surface area contributed by atoms with Crippen molar-refractivity contribution >= 4 is 23.8 Å². The van der Waals surface area contributed by atoms with Gasteiger partial charge in [0.15, 0.2) is 5.82 Å². The Bertz CT molecular complexity index is 1100. The molecular formula is C24H31FN6O3S. The minimum Gasteiger partial charge on any atom is -0.481 e. The standard InChI is InChI=1S/C24H31FN6O3S/c1-34-21-11-17(18(25)14-26-21)19-12-20(29-28-19)23(33)31-10-3-15(13-24(31)6-7-24)22(32)27-16-4-8-30(35-2)9-5-16/h11-12,14-16H,3-10,13H2,1-2H3,(H,27,32)(H,28,29). The zero-order valence-corrected chi connectivity index (χ0v) is 20.9. The second-order valence-electron chi connectivity index (χ2n) is 9.64. The molecule has 3 aliphatic rings. The number of pyridine rings is 1. The van der Waals surface area contributed by atoms with Crippen molar-refractivity contribution in [2.24, 2.45) is 5.92 Å². The van der Waals surface area contributed by atoms with Gasteiger partial charge in [0.1, 0.15) is 5.69 Å². The Balaban J connectivity index is 1.23. The number of piperidine rings is 2. The highest BCUT2D eigenvalue weighted by Crippen LogP contribution is 2.50. The van der Waals surface area contributed by atoms with Crippen LogP contribution in [0.3, 0.4) is 0 Å². The number of halogens is 1. The number of methoxy groups -OCH3 is 1. The Labute approximate surface area is 208 Å². The van der Waals surface area contributed by atoms with E-state index in [1.807, 2.05) is 4.90 Å². The van der Waals surface area contributed by atoms with E-state index in [2.05, 4.69) is 31.1 Å². The summed E-state index contributed by atoms with van der Waals surface area (Å²) in [5.74, 6) is -0.385. The molecule has 5 rings (SSSR count). The lowest BCUT2D eigenvalue weighted by molar-refractivity contribution is -0.128. The van der Waals surface area contributed by atoms with Crippen LogP contribution < -0.4 is 10.1 Å². The van der Waals surface area contributed by atoms with Crippen LogP contribution in [0.4, 0.5) is 4.39 Å². The number of ether oxygens (including phenoxy) is 1. The number of carbonyl (C=O) groups excluding carboxylic acids is 2. The summed E-state index contributed by atoms with van der Waals surface area (Å²) in [5, 5.41) is 10.2. The van der Waals surface area contributed by atoms with Crippen LogP contribution in [0.1, 0.15) is 49.0 Å². The van der Waals surface area contributed by atoms with Gasteiger partial charge in [0, 0.05) is 48.8 Å². The third-order valence-electron chi connectivity index (χ3n) is 7.53. The molecule has 1 atom stereocenters. The third-order valence-corrected chi connectivity index (χ3v) is 8.41. The van der Waals surface area contributed by atoms with Crippen molar-refractivity contribution in [2.75, 3.05) is 33.0 Å². The predicted molar refractivity (Wildman–Crippen MR) is 130 cm³/mol. The second kappa shape index (κ2) is 9.77. The molecule has 2 amide bonds. The number of likely N-dealkylation sites (tertiary alicyclic amines) is 1. The first-order valence-electron chi connectivity index (χ1n) is 12.1. The zero-order chi connectivity index (χ0) is 24.6. The van der Waals surface area contributed by atoms with Gasteiger partial charge in [0.05, 0.1) is 19.0 Å². The van der Waals surface area contributed by atoms with Crippen molar-refractivity contribution in [2.45, 2.75) is 50.1 Å². The van der Waals surface area contributed by atoms with Gasteiger partial charge in [-0.15, -0.1) is 0 Å². The van der Waals surface area contributed by atoms with Crippen LogP contribution >= 0.6 is 11.9 Å². The van der Waals surface area contributed by atoms with Crippen LogP contribution in [0, 0.1) is 11.7 Å². The Morgan fingerprint density at radius 3 is 2.69 bits per heavy atom. The number of aromatic amines is 1. The maximum absolute atomic E-state index is 14.3. The molecule has 11 heteroatoms. The largest absolute Gasteiger partial charge is 0.481 e. The topological polar surface area (TPSA) is 103 Å². The number of rotatable bonds is 6. The average molecular weight is 503 g/mol. The van der Waals surface area contributed by atoms with Crippen LogP contribution in [-0.2, 0) is 4.79 Å². The predicted octanol–water partition coefficient (Wildman–Crippen LogP) is 2.86. The molecule has 9 nitrogen and oxygen atoms in total. The molecule has 1 spiro atoms. The summed E-state index contributed by atoms with van der Waals surface area (Å²) in [6.45, 7) is 2.50. The minimum absolute atomic E-state index is 0.0733. The molecule has 0 radical (unpaired) electrons. The molecule has 2 aromatic rings. The van der Waals surface area contributed by atoms with Crippen LogP contribution in [0.15, 0.2) is 18.3 Å². The van der Waals surface area contributed by atoms with Gasteiger partial charge in [-0.25, -0.2) is 9.37 Å². The van der Waals surface area contributed by atoms with Gasteiger partial charge < -0.3 is 15.0 Å². The van der Waals surface area contributed by atoms with Crippen molar-refractivity contribution in [3.05, 3.63) is 29.8 Å². The van der Waals surface area contributed by atoms with E-state index in [0.717, 1.165) is 45.0 Å². The van der Waals surface area contributed by atoms with Gasteiger partial charge in [-0.1, -0.05) is 11.9 Å². The SMILES string of the molecule is COc1cc(-c2cc(C(=O)N3CCC(C(=O)NC4CCN(SC)CC4)CC34CC4)[nH]n2)c(F)cn1. The molecule has 4 heterocycles.